The van der Waals surface area contributed by atoms with Gasteiger partial charge in [0.25, 0.3) is 0 Å². The molecule has 2 aromatic rings. The van der Waals surface area contributed by atoms with Crippen molar-refractivity contribution in [1.29, 1.82) is 0 Å². The number of hydrogen-bond donors (Lipinski definition) is 0. The van der Waals surface area contributed by atoms with Gasteiger partial charge >= 0.3 is 12.1 Å². The average Bonchev–Trinajstić information content (AvgIpc) is 2.55. The Hall–Kier alpha value is -2.82. The van der Waals surface area contributed by atoms with Crippen molar-refractivity contribution in [3.05, 3.63) is 59.7 Å². The van der Waals surface area contributed by atoms with Crippen LogP contribution in [-0.2, 0) is 11.2 Å². The number of methoxy groups -OCH3 is 1. The SMILES string of the molecule is CCc1ccccc1OC(=O)Oc1ccccc1C(=O)OC. The van der Waals surface area contributed by atoms with Crippen LogP contribution in [0.1, 0.15) is 22.8 Å². The number of carbonyl (C=O) groups excluding carboxylic acids is 2. The molecule has 0 unspecified atom stereocenters. The number of para-hydroxylation sites is 2. The van der Waals surface area contributed by atoms with Crippen molar-refractivity contribution in [2.24, 2.45) is 0 Å². The second-order valence-electron chi connectivity index (χ2n) is 4.40. The Labute approximate surface area is 128 Å². The summed E-state index contributed by atoms with van der Waals surface area (Å²) in [5.74, 6) is -0.0590. The maximum atomic E-state index is 11.9. The molecule has 5 nitrogen and oxygen atoms in total. The first-order valence-corrected chi connectivity index (χ1v) is 6.80. The second kappa shape index (κ2) is 7.26. The molecule has 2 aromatic carbocycles. The standard InChI is InChI=1S/C17H16O5/c1-3-12-8-4-6-10-14(12)21-17(19)22-15-11-7-5-9-13(15)16(18)20-2/h4-11H,3H2,1-2H3. The van der Waals surface area contributed by atoms with E-state index in [0.29, 0.717) is 5.75 Å². The van der Waals surface area contributed by atoms with Crippen LogP contribution in [0, 0.1) is 0 Å². The Morgan fingerprint density at radius 2 is 1.50 bits per heavy atom. The summed E-state index contributed by atoms with van der Waals surface area (Å²) in [5.41, 5.74) is 1.05. The van der Waals surface area contributed by atoms with Gasteiger partial charge in [-0.15, -0.1) is 0 Å². The summed E-state index contributed by atoms with van der Waals surface area (Å²) in [6, 6.07) is 13.5. The zero-order valence-corrected chi connectivity index (χ0v) is 12.4. The van der Waals surface area contributed by atoms with Crippen molar-refractivity contribution in [2.45, 2.75) is 13.3 Å². The third-order valence-electron chi connectivity index (χ3n) is 3.03. The lowest BCUT2D eigenvalue weighted by Crippen LogP contribution is -2.16. The molecule has 0 aromatic heterocycles. The van der Waals surface area contributed by atoms with Crippen LogP contribution in [0.4, 0.5) is 4.79 Å². The van der Waals surface area contributed by atoms with E-state index in [0.717, 1.165) is 12.0 Å². The number of aryl methyl sites for hydroxylation is 1. The van der Waals surface area contributed by atoms with Gasteiger partial charge in [0.05, 0.1) is 7.11 Å². The third-order valence-corrected chi connectivity index (χ3v) is 3.03. The Bertz CT molecular complexity index is 678. The molecule has 22 heavy (non-hydrogen) atoms. The minimum Gasteiger partial charge on any atom is -0.465 e. The van der Waals surface area contributed by atoms with E-state index in [1.165, 1.54) is 19.2 Å². The predicted molar refractivity (Wildman–Crippen MR) is 80.3 cm³/mol. The predicted octanol–water partition coefficient (Wildman–Crippen LogP) is 3.61. The molecule has 2 rings (SSSR count). The Morgan fingerprint density at radius 1 is 0.909 bits per heavy atom. The number of ether oxygens (including phenoxy) is 3. The van der Waals surface area contributed by atoms with E-state index in [4.69, 9.17) is 9.47 Å². The monoisotopic (exact) mass is 300 g/mol. The highest BCUT2D eigenvalue weighted by Crippen LogP contribution is 2.22. The van der Waals surface area contributed by atoms with Gasteiger partial charge in [-0.25, -0.2) is 9.59 Å². The van der Waals surface area contributed by atoms with Crippen molar-refractivity contribution in [1.82, 2.24) is 0 Å². The highest BCUT2D eigenvalue weighted by Gasteiger charge is 2.17. The van der Waals surface area contributed by atoms with E-state index in [9.17, 15) is 9.59 Å². The smallest absolute Gasteiger partial charge is 0.465 e. The minimum atomic E-state index is -0.905. The van der Waals surface area contributed by atoms with Crippen molar-refractivity contribution >= 4 is 12.1 Å². The van der Waals surface area contributed by atoms with Crippen LogP contribution in [0.15, 0.2) is 48.5 Å². The number of carbonyl (C=O) groups is 2. The molecule has 0 amide bonds. The Kier molecular flexibility index (Phi) is 5.14. The summed E-state index contributed by atoms with van der Waals surface area (Å²) in [4.78, 5) is 23.5. The van der Waals surface area contributed by atoms with Crippen molar-refractivity contribution < 1.29 is 23.8 Å². The summed E-state index contributed by atoms with van der Waals surface area (Å²) in [6.45, 7) is 1.96. The zero-order valence-electron chi connectivity index (χ0n) is 12.4. The molecule has 0 radical (unpaired) electrons. The van der Waals surface area contributed by atoms with Gasteiger partial charge < -0.3 is 14.2 Å². The highest BCUT2D eigenvalue weighted by atomic mass is 16.7. The van der Waals surface area contributed by atoms with Gasteiger partial charge in [0.1, 0.15) is 17.1 Å². The van der Waals surface area contributed by atoms with E-state index >= 15 is 0 Å². The summed E-state index contributed by atoms with van der Waals surface area (Å²) >= 11 is 0. The summed E-state index contributed by atoms with van der Waals surface area (Å²) in [6.07, 6.45) is -0.181. The number of hydrogen-bond acceptors (Lipinski definition) is 5. The Balaban J connectivity index is 2.14. The lowest BCUT2D eigenvalue weighted by molar-refractivity contribution is 0.0597. The van der Waals surface area contributed by atoms with E-state index in [-0.39, 0.29) is 11.3 Å². The quantitative estimate of drug-likeness (QED) is 0.637. The second-order valence-corrected chi connectivity index (χ2v) is 4.40. The molecule has 0 spiro atoms. The fourth-order valence-electron chi connectivity index (χ4n) is 1.93. The van der Waals surface area contributed by atoms with Crippen LogP contribution in [0.5, 0.6) is 11.5 Å². The fraction of sp³-hybridized carbons (Fsp3) is 0.176. The molecule has 0 saturated carbocycles. The maximum Gasteiger partial charge on any atom is 0.519 e. The normalized spacial score (nSPS) is 9.91. The lowest BCUT2D eigenvalue weighted by atomic mass is 10.1. The summed E-state index contributed by atoms with van der Waals surface area (Å²) in [5, 5.41) is 0. The van der Waals surface area contributed by atoms with Crippen LogP contribution in [0.25, 0.3) is 0 Å². The number of benzene rings is 2. The zero-order chi connectivity index (χ0) is 15.9. The molecule has 5 heteroatoms. The van der Waals surface area contributed by atoms with Crippen LogP contribution in [-0.4, -0.2) is 19.2 Å². The third kappa shape index (κ3) is 3.63. The fourth-order valence-corrected chi connectivity index (χ4v) is 1.93. The van der Waals surface area contributed by atoms with E-state index in [1.54, 1.807) is 24.3 Å². The minimum absolute atomic E-state index is 0.0910. The van der Waals surface area contributed by atoms with Crippen LogP contribution < -0.4 is 9.47 Å². The van der Waals surface area contributed by atoms with Crippen molar-refractivity contribution in [2.75, 3.05) is 7.11 Å². The average molecular weight is 300 g/mol. The molecule has 0 aliphatic rings. The first-order chi connectivity index (χ1) is 10.7. The molecule has 0 aliphatic carbocycles. The molecule has 0 atom stereocenters. The molecule has 0 N–H and O–H groups in total. The number of rotatable bonds is 4. The highest BCUT2D eigenvalue weighted by molar-refractivity contribution is 5.93. The Morgan fingerprint density at radius 3 is 2.18 bits per heavy atom. The van der Waals surface area contributed by atoms with Crippen LogP contribution in [0.3, 0.4) is 0 Å². The first kappa shape index (κ1) is 15.6. The largest absolute Gasteiger partial charge is 0.519 e. The van der Waals surface area contributed by atoms with Gasteiger partial charge in [0.15, 0.2) is 0 Å². The van der Waals surface area contributed by atoms with Crippen LogP contribution in [0.2, 0.25) is 0 Å². The van der Waals surface area contributed by atoms with E-state index < -0.39 is 12.1 Å². The summed E-state index contributed by atoms with van der Waals surface area (Å²) in [7, 11) is 1.26. The van der Waals surface area contributed by atoms with E-state index in [1.807, 2.05) is 19.1 Å². The maximum absolute atomic E-state index is 11.9. The van der Waals surface area contributed by atoms with Gasteiger partial charge in [-0.3, -0.25) is 0 Å². The van der Waals surface area contributed by atoms with Gasteiger partial charge in [-0.05, 0) is 30.2 Å². The molecule has 0 fully saturated rings. The molecule has 114 valence electrons. The molecule has 0 saturated heterocycles. The lowest BCUT2D eigenvalue weighted by Gasteiger charge is -2.10. The van der Waals surface area contributed by atoms with Gasteiger partial charge in [-0.1, -0.05) is 37.3 Å². The first-order valence-electron chi connectivity index (χ1n) is 6.80. The van der Waals surface area contributed by atoms with Crippen molar-refractivity contribution in [3.63, 3.8) is 0 Å². The molecular formula is C17H16O5. The van der Waals surface area contributed by atoms with Gasteiger partial charge in [-0.2, -0.15) is 0 Å². The number of esters is 1. The van der Waals surface area contributed by atoms with Crippen LogP contribution >= 0.6 is 0 Å². The summed E-state index contributed by atoms with van der Waals surface area (Å²) < 4.78 is 14.9. The van der Waals surface area contributed by atoms with Gasteiger partial charge in [0, 0.05) is 0 Å². The van der Waals surface area contributed by atoms with E-state index in [2.05, 4.69) is 4.74 Å². The van der Waals surface area contributed by atoms with Crippen molar-refractivity contribution in [3.8, 4) is 11.5 Å². The molecule has 0 bridgehead atoms. The molecular weight excluding hydrogens is 284 g/mol. The molecule has 0 aliphatic heterocycles. The molecule has 0 heterocycles. The van der Waals surface area contributed by atoms with Gasteiger partial charge in [0.2, 0.25) is 0 Å². The topological polar surface area (TPSA) is 61.8 Å².